The smallest absolute Gasteiger partial charge is 0.231 e. The molecule has 1 aliphatic rings. The molecule has 1 atom stereocenters. The molecule has 0 aliphatic carbocycles. The summed E-state index contributed by atoms with van der Waals surface area (Å²) in [5.41, 5.74) is 1.73. The lowest BCUT2D eigenvalue weighted by molar-refractivity contribution is -0.119. The summed E-state index contributed by atoms with van der Waals surface area (Å²) in [4.78, 5) is 28.4. The van der Waals surface area contributed by atoms with E-state index in [-0.39, 0.29) is 30.7 Å². The molecule has 2 amide bonds. The number of rotatable bonds is 2. The highest BCUT2D eigenvalue weighted by Crippen LogP contribution is 2.34. The van der Waals surface area contributed by atoms with Crippen LogP contribution in [0.2, 0.25) is 0 Å². The van der Waals surface area contributed by atoms with Gasteiger partial charge in [0.2, 0.25) is 11.8 Å². The number of benzene rings is 2. The van der Waals surface area contributed by atoms with Crippen molar-refractivity contribution >= 4 is 23.2 Å². The Morgan fingerprint density at radius 3 is 2.46 bits per heavy atom. The van der Waals surface area contributed by atoms with Crippen LogP contribution in [0.5, 0.6) is 0 Å². The number of carbonyl (C=O) groups excluding carboxylic acids is 2. The third-order valence-electron chi connectivity index (χ3n) is 4.36. The molecule has 5 heteroatoms. The van der Waals surface area contributed by atoms with E-state index in [1.807, 2.05) is 31.2 Å². The van der Waals surface area contributed by atoms with Crippen LogP contribution in [0.15, 0.2) is 48.5 Å². The monoisotopic (exact) mass is 326 g/mol. The Labute approximate surface area is 140 Å². The van der Waals surface area contributed by atoms with Crippen molar-refractivity contribution in [2.75, 3.05) is 16.8 Å². The van der Waals surface area contributed by atoms with E-state index < -0.39 is 5.82 Å². The van der Waals surface area contributed by atoms with Gasteiger partial charge in [0.1, 0.15) is 5.82 Å². The Balaban J connectivity index is 1.99. The first-order valence-electron chi connectivity index (χ1n) is 7.90. The lowest BCUT2D eigenvalue weighted by Gasteiger charge is -2.28. The van der Waals surface area contributed by atoms with Gasteiger partial charge in [0.05, 0.1) is 17.8 Å². The van der Waals surface area contributed by atoms with Gasteiger partial charge in [0.25, 0.3) is 0 Å². The molecule has 0 spiro atoms. The zero-order valence-corrected chi connectivity index (χ0v) is 13.7. The summed E-state index contributed by atoms with van der Waals surface area (Å²) in [6.07, 6.45) is 0.192. The summed E-state index contributed by atoms with van der Waals surface area (Å²) in [6, 6.07) is 13.3. The maximum absolute atomic E-state index is 13.9. The van der Waals surface area contributed by atoms with E-state index in [0.717, 1.165) is 0 Å². The van der Waals surface area contributed by atoms with Gasteiger partial charge in [0, 0.05) is 19.5 Å². The second-order valence-corrected chi connectivity index (χ2v) is 6.03. The van der Waals surface area contributed by atoms with Crippen LogP contribution in [0, 0.1) is 5.82 Å². The van der Waals surface area contributed by atoms with Crippen molar-refractivity contribution in [1.29, 1.82) is 0 Å². The summed E-state index contributed by atoms with van der Waals surface area (Å²) >= 11 is 0. The van der Waals surface area contributed by atoms with E-state index in [4.69, 9.17) is 0 Å². The number of fused-ring (bicyclic) bond motifs is 1. The Hall–Kier alpha value is -2.69. The van der Waals surface area contributed by atoms with Crippen molar-refractivity contribution in [2.45, 2.75) is 25.8 Å². The van der Waals surface area contributed by atoms with E-state index >= 15 is 0 Å². The van der Waals surface area contributed by atoms with Gasteiger partial charge in [0.15, 0.2) is 0 Å². The van der Waals surface area contributed by atoms with Crippen LogP contribution in [0.25, 0.3) is 0 Å². The molecule has 0 fully saturated rings. The minimum absolute atomic E-state index is 0.0384. The molecule has 0 bridgehead atoms. The Kier molecular flexibility index (Phi) is 4.34. The zero-order chi connectivity index (χ0) is 17.3. The van der Waals surface area contributed by atoms with Crippen LogP contribution in [-0.4, -0.2) is 24.9 Å². The first-order chi connectivity index (χ1) is 11.5. The number of amides is 2. The van der Waals surface area contributed by atoms with Gasteiger partial charge in [-0.05, 0) is 30.7 Å². The average molecular weight is 326 g/mol. The van der Waals surface area contributed by atoms with Gasteiger partial charge in [-0.2, -0.15) is 0 Å². The third-order valence-corrected chi connectivity index (χ3v) is 4.36. The first kappa shape index (κ1) is 16.2. The standard InChI is InChI=1S/C19H19FN2O2/c1-13-11-18(23)21(2)16-9-5-6-10-17(16)22(13)19(24)12-14-7-3-4-8-15(14)20/h3-10,13H,11-12H2,1-2H3. The fraction of sp³-hybridized carbons (Fsp3) is 0.263. The molecule has 24 heavy (non-hydrogen) atoms. The summed E-state index contributed by atoms with van der Waals surface area (Å²) in [5, 5.41) is 0. The first-order valence-corrected chi connectivity index (χ1v) is 7.90. The van der Waals surface area contributed by atoms with Crippen LogP contribution >= 0.6 is 0 Å². The van der Waals surface area contributed by atoms with E-state index in [2.05, 4.69) is 0 Å². The number of halogens is 1. The molecular formula is C19H19FN2O2. The maximum Gasteiger partial charge on any atom is 0.231 e. The lowest BCUT2D eigenvalue weighted by atomic mass is 10.1. The zero-order valence-electron chi connectivity index (χ0n) is 13.7. The van der Waals surface area contributed by atoms with Gasteiger partial charge in [-0.15, -0.1) is 0 Å². The molecule has 0 aromatic heterocycles. The Morgan fingerprint density at radius 2 is 1.75 bits per heavy atom. The molecule has 3 rings (SSSR count). The Morgan fingerprint density at radius 1 is 1.12 bits per heavy atom. The van der Waals surface area contributed by atoms with E-state index in [9.17, 15) is 14.0 Å². The second kappa shape index (κ2) is 6.43. The highest BCUT2D eigenvalue weighted by atomic mass is 19.1. The van der Waals surface area contributed by atoms with Crippen molar-refractivity contribution in [2.24, 2.45) is 0 Å². The fourth-order valence-corrected chi connectivity index (χ4v) is 3.07. The van der Waals surface area contributed by atoms with Crippen LogP contribution in [0.4, 0.5) is 15.8 Å². The topological polar surface area (TPSA) is 40.6 Å². The minimum atomic E-state index is -0.394. The maximum atomic E-state index is 13.9. The third kappa shape index (κ3) is 2.89. The molecule has 2 aromatic rings. The summed E-state index contributed by atoms with van der Waals surface area (Å²) < 4.78 is 13.9. The van der Waals surface area contributed by atoms with Gasteiger partial charge < -0.3 is 9.80 Å². The van der Waals surface area contributed by atoms with Gasteiger partial charge >= 0.3 is 0 Å². The number of hydrogen-bond donors (Lipinski definition) is 0. The largest absolute Gasteiger partial charge is 0.313 e. The van der Waals surface area contributed by atoms with Crippen LogP contribution in [-0.2, 0) is 16.0 Å². The highest BCUT2D eigenvalue weighted by Gasteiger charge is 2.32. The number of carbonyl (C=O) groups is 2. The minimum Gasteiger partial charge on any atom is -0.313 e. The SMILES string of the molecule is CC1CC(=O)N(C)c2ccccc2N1C(=O)Cc1ccccc1F. The second-order valence-electron chi connectivity index (χ2n) is 6.03. The molecule has 1 aliphatic heterocycles. The van der Waals surface area contributed by atoms with E-state index in [0.29, 0.717) is 16.9 Å². The molecule has 1 unspecified atom stereocenters. The fourth-order valence-electron chi connectivity index (χ4n) is 3.07. The number of para-hydroxylation sites is 2. The molecule has 0 N–H and O–H groups in total. The molecule has 0 saturated carbocycles. The molecule has 0 radical (unpaired) electrons. The van der Waals surface area contributed by atoms with Crippen LogP contribution in [0.1, 0.15) is 18.9 Å². The van der Waals surface area contributed by atoms with Crippen molar-refractivity contribution < 1.29 is 14.0 Å². The number of anilines is 2. The highest BCUT2D eigenvalue weighted by molar-refractivity contribution is 6.05. The number of hydrogen-bond acceptors (Lipinski definition) is 2. The molecule has 4 nitrogen and oxygen atoms in total. The molecule has 0 saturated heterocycles. The van der Waals surface area contributed by atoms with Crippen LogP contribution < -0.4 is 9.80 Å². The van der Waals surface area contributed by atoms with E-state index in [1.165, 1.54) is 6.07 Å². The van der Waals surface area contributed by atoms with Crippen molar-refractivity contribution in [1.82, 2.24) is 0 Å². The average Bonchev–Trinajstić information content (AvgIpc) is 2.65. The summed E-state index contributed by atoms with van der Waals surface area (Å²) in [5.74, 6) is -0.658. The Bertz CT molecular complexity index is 790. The van der Waals surface area contributed by atoms with Gasteiger partial charge in [-0.1, -0.05) is 30.3 Å². The molecule has 1 heterocycles. The quantitative estimate of drug-likeness (QED) is 0.850. The predicted octanol–water partition coefficient (Wildman–Crippen LogP) is 3.16. The van der Waals surface area contributed by atoms with Gasteiger partial charge in [-0.25, -0.2) is 4.39 Å². The van der Waals surface area contributed by atoms with Crippen molar-refractivity contribution in [3.63, 3.8) is 0 Å². The van der Waals surface area contributed by atoms with Crippen LogP contribution in [0.3, 0.4) is 0 Å². The normalized spacial score (nSPS) is 17.5. The van der Waals surface area contributed by atoms with Gasteiger partial charge in [-0.3, -0.25) is 9.59 Å². The lowest BCUT2D eigenvalue weighted by Crippen LogP contribution is -2.40. The molecular weight excluding hydrogens is 307 g/mol. The van der Waals surface area contributed by atoms with Crippen molar-refractivity contribution in [3.05, 3.63) is 59.9 Å². The van der Waals surface area contributed by atoms with E-state index in [1.54, 1.807) is 35.0 Å². The summed E-state index contributed by atoms with van der Waals surface area (Å²) in [7, 11) is 1.71. The summed E-state index contributed by atoms with van der Waals surface area (Å²) in [6.45, 7) is 1.84. The molecule has 2 aromatic carbocycles. The van der Waals surface area contributed by atoms with Crippen molar-refractivity contribution in [3.8, 4) is 0 Å². The number of nitrogens with zero attached hydrogens (tertiary/aromatic N) is 2. The predicted molar refractivity (Wildman–Crippen MR) is 91.5 cm³/mol. The molecule has 124 valence electrons.